The molecule has 2 aromatic heterocycles. The number of ether oxygens (including phenoxy) is 1. The number of aromatic nitrogens is 2. The van der Waals surface area contributed by atoms with E-state index in [2.05, 4.69) is 9.97 Å². The molecule has 7 nitrogen and oxygen atoms in total. The van der Waals surface area contributed by atoms with Crippen molar-refractivity contribution >= 4 is 17.7 Å². The minimum atomic E-state index is -0.788. The Kier molecular flexibility index (Phi) is 7.43. The lowest BCUT2D eigenvalue weighted by atomic mass is 9.99. The summed E-state index contributed by atoms with van der Waals surface area (Å²) in [7, 11) is 0. The molecule has 33 heavy (non-hydrogen) atoms. The molecule has 0 aliphatic carbocycles. The molecule has 0 aliphatic rings. The smallest absolute Gasteiger partial charge is 0.355 e. The van der Waals surface area contributed by atoms with Gasteiger partial charge >= 0.3 is 5.97 Å². The van der Waals surface area contributed by atoms with Crippen molar-refractivity contribution in [1.82, 2.24) is 14.9 Å². The third-order valence-electron chi connectivity index (χ3n) is 5.63. The standard InChI is InChI=1S/C26H29N3O4/c1-6-33-26(32)23-17(3)22(18(4)28-23)24(30)19(5)29(15-21-9-7-8-14-27-21)25(31)20-12-10-16(2)11-13-20/h7-14,19,28H,6,15H2,1-5H3/t19-/m0/s1. The number of nitrogens with one attached hydrogen (secondary N) is 1. The van der Waals surface area contributed by atoms with E-state index in [1.165, 1.54) is 4.90 Å². The number of rotatable bonds is 8. The average Bonchev–Trinajstić information content (AvgIpc) is 3.11. The van der Waals surface area contributed by atoms with Crippen LogP contribution < -0.4 is 0 Å². The highest BCUT2D eigenvalue weighted by Crippen LogP contribution is 2.24. The highest BCUT2D eigenvalue weighted by Gasteiger charge is 2.32. The summed E-state index contributed by atoms with van der Waals surface area (Å²) in [5, 5.41) is 0. The van der Waals surface area contributed by atoms with Gasteiger partial charge in [0.25, 0.3) is 5.91 Å². The highest BCUT2D eigenvalue weighted by molar-refractivity contribution is 6.07. The molecule has 0 radical (unpaired) electrons. The Balaban J connectivity index is 1.98. The predicted molar refractivity (Wildman–Crippen MR) is 125 cm³/mol. The zero-order chi connectivity index (χ0) is 24.1. The van der Waals surface area contributed by atoms with E-state index >= 15 is 0 Å². The van der Waals surface area contributed by atoms with E-state index in [-0.39, 0.29) is 30.5 Å². The van der Waals surface area contributed by atoms with Crippen molar-refractivity contribution in [1.29, 1.82) is 0 Å². The van der Waals surface area contributed by atoms with Crippen molar-refractivity contribution in [2.45, 2.75) is 47.2 Å². The van der Waals surface area contributed by atoms with Crippen LogP contribution in [-0.4, -0.2) is 45.2 Å². The van der Waals surface area contributed by atoms with Crippen LogP contribution in [0.2, 0.25) is 0 Å². The van der Waals surface area contributed by atoms with Crippen molar-refractivity contribution in [3.8, 4) is 0 Å². The number of hydrogen-bond acceptors (Lipinski definition) is 5. The summed E-state index contributed by atoms with van der Waals surface area (Å²) in [5.74, 6) is -1.03. The summed E-state index contributed by atoms with van der Waals surface area (Å²) in [4.78, 5) is 48.2. The van der Waals surface area contributed by atoms with Gasteiger partial charge in [-0.25, -0.2) is 4.79 Å². The molecular formula is C26H29N3O4. The van der Waals surface area contributed by atoms with Crippen LogP contribution in [0.15, 0.2) is 48.7 Å². The number of aromatic amines is 1. The monoisotopic (exact) mass is 447 g/mol. The second-order valence-corrected chi connectivity index (χ2v) is 8.01. The Hall–Kier alpha value is -3.74. The van der Waals surface area contributed by atoms with Gasteiger partial charge in [0.2, 0.25) is 0 Å². The lowest BCUT2D eigenvalue weighted by Gasteiger charge is -2.28. The largest absolute Gasteiger partial charge is 0.461 e. The van der Waals surface area contributed by atoms with E-state index in [0.29, 0.717) is 28.1 Å². The Bertz CT molecular complexity index is 1150. The maximum Gasteiger partial charge on any atom is 0.355 e. The third-order valence-corrected chi connectivity index (χ3v) is 5.63. The molecule has 2 heterocycles. The zero-order valence-electron chi connectivity index (χ0n) is 19.6. The number of H-pyrrole nitrogens is 1. The van der Waals surface area contributed by atoms with E-state index in [0.717, 1.165) is 5.56 Å². The van der Waals surface area contributed by atoms with Gasteiger partial charge < -0.3 is 14.6 Å². The van der Waals surface area contributed by atoms with Crippen molar-refractivity contribution < 1.29 is 19.1 Å². The summed E-state index contributed by atoms with van der Waals surface area (Å²) in [5.41, 5.74) is 3.94. The van der Waals surface area contributed by atoms with E-state index in [4.69, 9.17) is 4.74 Å². The van der Waals surface area contributed by atoms with Gasteiger partial charge in [-0.2, -0.15) is 0 Å². The first kappa shape index (κ1) is 23.9. The first-order valence-corrected chi connectivity index (χ1v) is 10.9. The van der Waals surface area contributed by atoms with E-state index in [1.54, 1.807) is 52.1 Å². The Morgan fingerprint density at radius 1 is 1.06 bits per heavy atom. The minimum Gasteiger partial charge on any atom is -0.461 e. The number of hydrogen-bond donors (Lipinski definition) is 1. The van der Waals surface area contributed by atoms with E-state index < -0.39 is 12.0 Å². The van der Waals surface area contributed by atoms with Gasteiger partial charge in [0.1, 0.15) is 5.69 Å². The number of pyridine rings is 1. The number of benzene rings is 1. The van der Waals surface area contributed by atoms with Gasteiger partial charge in [0, 0.05) is 23.0 Å². The molecule has 7 heteroatoms. The Morgan fingerprint density at radius 3 is 2.36 bits per heavy atom. The van der Waals surface area contributed by atoms with Crippen molar-refractivity contribution in [2.75, 3.05) is 6.61 Å². The fourth-order valence-electron chi connectivity index (χ4n) is 3.79. The van der Waals surface area contributed by atoms with Crippen LogP contribution in [0.1, 0.15) is 67.6 Å². The van der Waals surface area contributed by atoms with Crippen LogP contribution in [0, 0.1) is 20.8 Å². The molecule has 0 bridgehead atoms. The molecule has 0 saturated heterocycles. The van der Waals surface area contributed by atoms with Crippen molar-refractivity contribution in [3.05, 3.63) is 88.0 Å². The van der Waals surface area contributed by atoms with Crippen LogP contribution in [0.4, 0.5) is 0 Å². The summed E-state index contributed by atoms with van der Waals surface area (Å²) in [6.07, 6.45) is 1.66. The number of Topliss-reactive ketones (excluding diaryl/α,β-unsaturated/α-hetero) is 1. The summed E-state index contributed by atoms with van der Waals surface area (Å²) >= 11 is 0. The van der Waals surface area contributed by atoms with Gasteiger partial charge in [-0.05, 0) is 64.4 Å². The first-order valence-electron chi connectivity index (χ1n) is 10.9. The molecule has 1 amide bonds. The van der Waals surface area contributed by atoms with Gasteiger partial charge in [-0.1, -0.05) is 23.8 Å². The van der Waals surface area contributed by atoms with Gasteiger partial charge in [-0.3, -0.25) is 14.6 Å². The first-order chi connectivity index (χ1) is 15.7. The number of aryl methyl sites for hydroxylation is 2. The molecule has 0 unspecified atom stereocenters. The molecule has 1 atom stereocenters. The normalized spacial score (nSPS) is 11.7. The molecule has 172 valence electrons. The average molecular weight is 448 g/mol. The molecule has 3 aromatic rings. The molecule has 3 rings (SSSR count). The van der Waals surface area contributed by atoms with Gasteiger partial charge in [-0.15, -0.1) is 0 Å². The number of ketones is 1. The molecule has 0 aliphatic heterocycles. The van der Waals surface area contributed by atoms with Crippen LogP contribution >= 0.6 is 0 Å². The zero-order valence-corrected chi connectivity index (χ0v) is 19.6. The van der Waals surface area contributed by atoms with Crippen molar-refractivity contribution in [2.24, 2.45) is 0 Å². The predicted octanol–water partition coefficient (Wildman–Crippen LogP) is 4.43. The number of carbonyl (C=O) groups is 3. The lowest BCUT2D eigenvalue weighted by molar-refractivity contribution is 0.0518. The lowest BCUT2D eigenvalue weighted by Crippen LogP contribution is -2.43. The fourth-order valence-corrected chi connectivity index (χ4v) is 3.79. The molecule has 0 fully saturated rings. The highest BCUT2D eigenvalue weighted by atomic mass is 16.5. The van der Waals surface area contributed by atoms with E-state index in [9.17, 15) is 14.4 Å². The quantitative estimate of drug-likeness (QED) is 0.407. The molecular weight excluding hydrogens is 418 g/mol. The molecule has 0 saturated carbocycles. The topological polar surface area (TPSA) is 92.4 Å². The van der Waals surface area contributed by atoms with Crippen LogP contribution in [0.5, 0.6) is 0 Å². The Morgan fingerprint density at radius 2 is 1.76 bits per heavy atom. The number of nitrogens with zero attached hydrogens (tertiary/aromatic N) is 2. The molecule has 0 spiro atoms. The maximum atomic E-state index is 13.6. The SMILES string of the molecule is CCOC(=O)c1[nH]c(C)c(C(=O)[C@H](C)N(Cc2ccccn2)C(=O)c2ccc(C)cc2)c1C. The van der Waals surface area contributed by atoms with Crippen LogP contribution in [0.3, 0.4) is 0 Å². The number of amides is 1. The summed E-state index contributed by atoms with van der Waals surface area (Å²) < 4.78 is 5.10. The minimum absolute atomic E-state index is 0.174. The van der Waals surface area contributed by atoms with Crippen molar-refractivity contribution in [3.63, 3.8) is 0 Å². The molecule has 1 N–H and O–H groups in total. The van der Waals surface area contributed by atoms with E-state index in [1.807, 2.05) is 31.2 Å². The fraction of sp³-hybridized carbons (Fsp3) is 0.308. The second kappa shape index (κ2) is 10.3. The number of carbonyl (C=O) groups excluding carboxylic acids is 3. The third kappa shape index (κ3) is 5.19. The Labute approximate surface area is 193 Å². The summed E-state index contributed by atoms with van der Waals surface area (Å²) in [6, 6.07) is 11.9. The maximum absolute atomic E-state index is 13.6. The number of esters is 1. The van der Waals surface area contributed by atoms with Crippen LogP contribution in [-0.2, 0) is 11.3 Å². The van der Waals surface area contributed by atoms with Crippen LogP contribution in [0.25, 0.3) is 0 Å². The van der Waals surface area contributed by atoms with Gasteiger partial charge in [0.05, 0.1) is 24.9 Å². The second-order valence-electron chi connectivity index (χ2n) is 8.01. The molecule has 1 aromatic carbocycles. The van der Waals surface area contributed by atoms with Gasteiger partial charge in [0.15, 0.2) is 5.78 Å². The summed E-state index contributed by atoms with van der Waals surface area (Å²) in [6.45, 7) is 9.23.